The summed E-state index contributed by atoms with van der Waals surface area (Å²) in [6, 6.07) is 15.0. The molecule has 3 rings (SSSR count). The van der Waals surface area contributed by atoms with Crippen LogP contribution in [0.25, 0.3) is 6.08 Å². The molecular weight excluding hydrogens is 244 g/mol. The molecule has 2 heteroatoms. The molecule has 0 saturated carbocycles. The fourth-order valence-corrected chi connectivity index (χ4v) is 3.15. The van der Waals surface area contributed by atoms with Crippen molar-refractivity contribution >= 4 is 11.8 Å². The molecular formula is C18H20N2. The van der Waals surface area contributed by atoms with Crippen LogP contribution in [0.1, 0.15) is 25.1 Å². The van der Waals surface area contributed by atoms with Crippen LogP contribution in [0.15, 0.2) is 54.7 Å². The molecule has 1 atom stereocenters. The zero-order chi connectivity index (χ0) is 14.2. The number of hydrogen-bond acceptors (Lipinski definition) is 2. The Morgan fingerprint density at radius 2 is 1.85 bits per heavy atom. The van der Waals surface area contributed by atoms with Gasteiger partial charge in [0, 0.05) is 24.3 Å². The molecule has 102 valence electrons. The minimum atomic E-state index is 0.108. The number of nitrogens with zero attached hydrogens (tertiary/aromatic N) is 2. The first-order valence-electron chi connectivity index (χ1n) is 7.02. The van der Waals surface area contributed by atoms with Crippen molar-refractivity contribution in [2.24, 2.45) is 0 Å². The molecule has 2 heterocycles. The number of rotatable bonds is 2. The molecule has 0 N–H and O–H groups in total. The van der Waals surface area contributed by atoms with Gasteiger partial charge in [-0.1, -0.05) is 44.2 Å². The van der Waals surface area contributed by atoms with Crippen LogP contribution in [0.5, 0.6) is 0 Å². The van der Waals surface area contributed by atoms with Crippen LogP contribution in [-0.4, -0.2) is 18.1 Å². The molecule has 0 aliphatic carbocycles. The highest BCUT2D eigenvalue weighted by Crippen LogP contribution is 2.44. The second-order valence-corrected chi connectivity index (χ2v) is 5.91. The first-order chi connectivity index (χ1) is 9.60. The molecule has 0 fully saturated rings. The lowest BCUT2D eigenvalue weighted by Gasteiger charge is -2.29. The standard InChI is InChI=1S/C18H20N2/c1-18(2)15-9-4-5-10-16(15)20(3)17(18)12-11-14-8-6-7-13-19-14/h4-13,17H,1-3H3. The Balaban J connectivity index is 1.94. The van der Waals surface area contributed by atoms with Gasteiger partial charge in [0.25, 0.3) is 0 Å². The number of likely N-dealkylation sites (N-methyl/N-ethyl adjacent to an activating group) is 1. The van der Waals surface area contributed by atoms with Crippen LogP contribution >= 0.6 is 0 Å². The van der Waals surface area contributed by atoms with E-state index in [0.717, 1.165) is 5.69 Å². The SMILES string of the molecule is CN1c2ccccc2C(C)(C)C1C=Cc1ccccn1. The minimum absolute atomic E-state index is 0.108. The number of para-hydroxylation sites is 1. The highest BCUT2D eigenvalue weighted by molar-refractivity contribution is 5.66. The Kier molecular flexibility index (Phi) is 3.09. The number of benzene rings is 1. The molecule has 0 bridgehead atoms. The van der Waals surface area contributed by atoms with Crippen molar-refractivity contribution in [3.63, 3.8) is 0 Å². The fraction of sp³-hybridized carbons (Fsp3) is 0.278. The van der Waals surface area contributed by atoms with Crippen molar-refractivity contribution in [1.82, 2.24) is 4.98 Å². The summed E-state index contributed by atoms with van der Waals surface area (Å²) in [4.78, 5) is 6.71. The summed E-state index contributed by atoms with van der Waals surface area (Å²) in [6.45, 7) is 4.62. The van der Waals surface area contributed by atoms with E-state index in [1.165, 1.54) is 11.3 Å². The second kappa shape index (κ2) is 4.78. The summed E-state index contributed by atoms with van der Waals surface area (Å²) >= 11 is 0. The summed E-state index contributed by atoms with van der Waals surface area (Å²) in [6.07, 6.45) is 6.22. The molecule has 2 nitrogen and oxygen atoms in total. The molecule has 2 aromatic rings. The van der Waals surface area contributed by atoms with E-state index < -0.39 is 0 Å². The van der Waals surface area contributed by atoms with Crippen molar-refractivity contribution < 1.29 is 0 Å². The lowest BCUT2D eigenvalue weighted by molar-refractivity contribution is 0.489. The van der Waals surface area contributed by atoms with Crippen LogP contribution in [0.4, 0.5) is 5.69 Å². The molecule has 1 aliphatic heterocycles. The van der Waals surface area contributed by atoms with Crippen LogP contribution in [0.3, 0.4) is 0 Å². The summed E-state index contributed by atoms with van der Waals surface area (Å²) in [5, 5.41) is 0. The van der Waals surface area contributed by atoms with Gasteiger partial charge in [0.05, 0.1) is 11.7 Å². The number of hydrogen-bond donors (Lipinski definition) is 0. The van der Waals surface area contributed by atoms with Gasteiger partial charge >= 0.3 is 0 Å². The molecule has 0 radical (unpaired) electrons. The van der Waals surface area contributed by atoms with Gasteiger partial charge in [-0.15, -0.1) is 0 Å². The largest absolute Gasteiger partial charge is 0.367 e. The van der Waals surface area contributed by atoms with E-state index in [-0.39, 0.29) is 5.41 Å². The van der Waals surface area contributed by atoms with Crippen LogP contribution in [0, 0.1) is 0 Å². The number of pyridine rings is 1. The van der Waals surface area contributed by atoms with Crippen molar-refractivity contribution in [3.8, 4) is 0 Å². The third kappa shape index (κ3) is 2.01. The maximum Gasteiger partial charge on any atom is 0.0627 e. The molecule has 20 heavy (non-hydrogen) atoms. The Morgan fingerprint density at radius 1 is 1.10 bits per heavy atom. The second-order valence-electron chi connectivity index (χ2n) is 5.91. The Bertz CT molecular complexity index is 629. The van der Waals surface area contributed by atoms with E-state index in [2.05, 4.69) is 67.2 Å². The maximum atomic E-state index is 4.36. The lowest BCUT2D eigenvalue weighted by atomic mass is 9.80. The average Bonchev–Trinajstić information content (AvgIpc) is 2.66. The highest BCUT2D eigenvalue weighted by Gasteiger charge is 2.41. The van der Waals surface area contributed by atoms with Gasteiger partial charge in [0.2, 0.25) is 0 Å². The summed E-state index contributed by atoms with van der Waals surface area (Å²) in [5.74, 6) is 0. The molecule has 1 aromatic heterocycles. The zero-order valence-electron chi connectivity index (χ0n) is 12.2. The predicted molar refractivity (Wildman–Crippen MR) is 84.9 cm³/mol. The van der Waals surface area contributed by atoms with Gasteiger partial charge in [-0.25, -0.2) is 0 Å². The maximum absolute atomic E-state index is 4.36. The Hall–Kier alpha value is -2.09. The van der Waals surface area contributed by atoms with E-state index in [9.17, 15) is 0 Å². The smallest absolute Gasteiger partial charge is 0.0627 e. The van der Waals surface area contributed by atoms with Gasteiger partial charge in [0.1, 0.15) is 0 Å². The van der Waals surface area contributed by atoms with E-state index >= 15 is 0 Å². The minimum Gasteiger partial charge on any atom is -0.367 e. The predicted octanol–water partition coefficient (Wildman–Crippen LogP) is 3.89. The van der Waals surface area contributed by atoms with E-state index in [1.54, 1.807) is 0 Å². The molecule has 1 unspecified atom stereocenters. The lowest BCUT2D eigenvalue weighted by Crippen LogP contribution is -2.37. The van der Waals surface area contributed by atoms with Gasteiger partial charge in [-0.2, -0.15) is 0 Å². The summed E-state index contributed by atoms with van der Waals surface area (Å²) < 4.78 is 0. The van der Waals surface area contributed by atoms with E-state index in [1.807, 2.05) is 24.4 Å². The van der Waals surface area contributed by atoms with Crippen molar-refractivity contribution in [1.29, 1.82) is 0 Å². The normalized spacial score (nSPS) is 20.4. The zero-order valence-corrected chi connectivity index (χ0v) is 12.2. The van der Waals surface area contributed by atoms with Crippen LogP contribution in [0.2, 0.25) is 0 Å². The molecule has 0 amide bonds. The number of aromatic nitrogens is 1. The number of anilines is 1. The van der Waals surface area contributed by atoms with Crippen molar-refractivity contribution in [3.05, 3.63) is 66.0 Å². The Morgan fingerprint density at radius 3 is 2.55 bits per heavy atom. The average molecular weight is 264 g/mol. The topological polar surface area (TPSA) is 16.1 Å². The van der Waals surface area contributed by atoms with Gasteiger partial charge in [0.15, 0.2) is 0 Å². The Labute approximate surface area is 120 Å². The van der Waals surface area contributed by atoms with E-state index in [0.29, 0.717) is 6.04 Å². The van der Waals surface area contributed by atoms with Crippen LogP contribution in [-0.2, 0) is 5.41 Å². The molecule has 0 spiro atoms. The molecule has 1 aromatic carbocycles. The quantitative estimate of drug-likeness (QED) is 0.818. The van der Waals surface area contributed by atoms with Crippen molar-refractivity contribution in [2.45, 2.75) is 25.3 Å². The van der Waals surface area contributed by atoms with Crippen molar-refractivity contribution in [2.75, 3.05) is 11.9 Å². The third-order valence-electron chi connectivity index (χ3n) is 4.27. The monoisotopic (exact) mass is 264 g/mol. The summed E-state index contributed by atoms with van der Waals surface area (Å²) in [5.41, 5.74) is 3.86. The van der Waals surface area contributed by atoms with Gasteiger partial charge in [-0.3, -0.25) is 4.98 Å². The van der Waals surface area contributed by atoms with Gasteiger partial charge < -0.3 is 4.90 Å². The first-order valence-corrected chi connectivity index (χ1v) is 7.02. The molecule has 1 aliphatic rings. The third-order valence-corrected chi connectivity index (χ3v) is 4.27. The number of fused-ring (bicyclic) bond motifs is 1. The summed E-state index contributed by atoms with van der Waals surface area (Å²) in [7, 11) is 2.17. The van der Waals surface area contributed by atoms with E-state index in [4.69, 9.17) is 0 Å². The fourth-order valence-electron chi connectivity index (χ4n) is 3.15. The van der Waals surface area contributed by atoms with Gasteiger partial charge in [-0.05, 0) is 29.8 Å². The first kappa shape index (κ1) is 12.9. The highest BCUT2D eigenvalue weighted by atomic mass is 15.2. The van der Waals surface area contributed by atoms with Crippen LogP contribution < -0.4 is 4.90 Å². The molecule has 0 saturated heterocycles.